The van der Waals surface area contributed by atoms with Crippen LogP contribution in [-0.4, -0.2) is 34.4 Å². The molecular formula is C19H17Cl2N6O2P. The topological polar surface area (TPSA) is 97.0 Å². The second-order valence-electron chi connectivity index (χ2n) is 6.05. The van der Waals surface area contributed by atoms with E-state index in [-0.39, 0.29) is 0 Å². The zero-order valence-corrected chi connectivity index (χ0v) is 18.4. The van der Waals surface area contributed by atoms with Crippen LogP contribution in [-0.2, 0) is 9.05 Å². The first kappa shape index (κ1) is 20.8. The van der Waals surface area contributed by atoms with E-state index < -0.39 is 8.38 Å². The van der Waals surface area contributed by atoms with Crippen LogP contribution in [0.3, 0.4) is 0 Å². The van der Waals surface area contributed by atoms with Crippen molar-refractivity contribution in [1.82, 2.24) is 20.2 Å². The molecule has 4 aromatic rings. The number of para-hydroxylation sites is 1. The second-order valence-corrected chi connectivity index (χ2v) is 8.56. The molecule has 2 heterocycles. The Labute approximate surface area is 183 Å². The molecule has 0 atom stereocenters. The van der Waals surface area contributed by atoms with Gasteiger partial charge in [0.2, 0.25) is 14.3 Å². The Hall–Kier alpha value is -2.48. The van der Waals surface area contributed by atoms with Gasteiger partial charge in [-0.2, -0.15) is 10.1 Å². The van der Waals surface area contributed by atoms with E-state index in [2.05, 4.69) is 30.8 Å². The second kappa shape index (κ2) is 9.12. The molecule has 0 unspecified atom stereocenters. The number of aromatic nitrogens is 4. The summed E-state index contributed by atoms with van der Waals surface area (Å²) in [5, 5.41) is 15.9. The van der Waals surface area contributed by atoms with Crippen molar-refractivity contribution < 1.29 is 9.05 Å². The van der Waals surface area contributed by atoms with Crippen molar-refractivity contribution >= 4 is 70.9 Å². The van der Waals surface area contributed by atoms with E-state index in [4.69, 9.17) is 32.2 Å². The van der Waals surface area contributed by atoms with Gasteiger partial charge in [0.1, 0.15) is 10.2 Å². The lowest BCUT2D eigenvalue weighted by Crippen LogP contribution is -2.11. The number of H-pyrrole nitrogens is 1. The molecule has 0 saturated carbocycles. The summed E-state index contributed by atoms with van der Waals surface area (Å²) in [7, 11) is 1.99. The molecule has 0 bridgehead atoms. The third-order valence-electron chi connectivity index (χ3n) is 4.19. The zero-order valence-electron chi connectivity index (χ0n) is 16.0. The van der Waals surface area contributed by atoms with Crippen LogP contribution in [0.4, 0.5) is 23.1 Å². The molecule has 0 saturated heterocycles. The van der Waals surface area contributed by atoms with Crippen molar-refractivity contribution in [1.29, 1.82) is 0 Å². The highest BCUT2D eigenvalue weighted by molar-refractivity contribution is 7.56. The fourth-order valence-corrected chi connectivity index (χ4v) is 4.26. The molecule has 3 N–H and O–H groups in total. The lowest BCUT2D eigenvalue weighted by atomic mass is 10.2. The summed E-state index contributed by atoms with van der Waals surface area (Å²) in [4.78, 5) is 8.76. The molecule has 0 radical (unpaired) electrons. The molecule has 30 heavy (non-hydrogen) atoms. The summed E-state index contributed by atoms with van der Waals surface area (Å²) in [6.45, 7) is 0. The molecule has 0 spiro atoms. The highest BCUT2D eigenvalue weighted by Gasteiger charge is 2.16. The van der Waals surface area contributed by atoms with Crippen LogP contribution in [0.25, 0.3) is 10.9 Å². The van der Waals surface area contributed by atoms with Gasteiger partial charge in [0.05, 0.1) is 22.7 Å². The van der Waals surface area contributed by atoms with Crippen LogP contribution < -0.4 is 15.9 Å². The van der Waals surface area contributed by atoms with Gasteiger partial charge in [-0.1, -0.05) is 35.3 Å². The minimum absolute atomic E-state index is 0.376. The molecule has 8 nitrogen and oxygen atoms in total. The van der Waals surface area contributed by atoms with E-state index in [1.807, 2.05) is 42.5 Å². The summed E-state index contributed by atoms with van der Waals surface area (Å²) >= 11 is 12.4. The lowest BCUT2D eigenvalue weighted by Gasteiger charge is -2.17. The Kier molecular flexibility index (Phi) is 6.32. The molecule has 2 aromatic carbocycles. The SMILES string of the molecule is COP(OC)c1ccccc1Nc1nc(Nc2ccc3c(Cl)[nH]nc3c2)ncc1Cl. The van der Waals surface area contributed by atoms with Crippen molar-refractivity contribution in [2.75, 3.05) is 24.9 Å². The Morgan fingerprint density at radius 3 is 2.63 bits per heavy atom. The third-order valence-corrected chi connectivity index (χ3v) is 6.21. The number of benzene rings is 2. The fourth-order valence-electron chi connectivity index (χ4n) is 2.84. The number of fused-ring (bicyclic) bond motifs is 1. The van der Waals surface area contributed by atoms with Crippen LogP contribution in [0, 0.1) is 0 Å². The van der Waals surface area contributed by atoms with Crippen molar-refractivity contribution in [3.05, 3.63) is 58.8 Å². The number of aromatic amines is 1. The van der Waals surface area contributed by atoms with E-state index in [1.165, 1.54) is 6.20 Å². The average Bonchev–Trinajstić information content (AvgIpc) is 3.12. The molecule has 154 valence electrons. The monoisotopic (exact) mass is 462 g/mol. The maximum absolute atomic E-state index is 6.33. The summed E-state index contributed by atoms with van der Waals surface area (Å²) < 4.78 is 10.9. The smallest absolute Gasteiger partial charge is 0.229 e. The minimum Gasteiger partial charge on any atom is -0.338 e. The van der Waals surface area contributed by atoms with Gasteiger partial charge in [-0.3, -0.25) is 5.10 Å². The first-order valence-electron chi connectivity index (χ1n) is 8.76. The first-order chi connectivity index (χ1) is 14.6. The van der Waals surface area contributed by atoms with Gasteiger partial charge in [-0.05, 0) is 30.3 Å². The molecule has 0 amide bonds. The summed E-state index contributed by atoms with van der Waals surface area (Å²) in [5.74, 6) is 0.828. The Balaban J connectivity index is 1.61. The van der Waals surface area contributed by atoms with Gasteiger partial charge >= 0.3 is 0 Å². The molecule has 0 fully saturated rings. The van der Waals surface area contributed by atoms with Crippen molar-refractivity contribution in [3.8, 4) is 0 Å². The van der Waals surface area contributed by atoms with Crippen LogP contribution in [0.15, 0.2) is 48.7 Å². The van der Waals surface area contributed by atoms with Crippen molar-refractivity contribution in [2.24, 2.45) is 0 Å². The number of hydrogen-bond acceptors (Lipinski definition) is 7. The van der Waals surface area contributed by atoms with Gasteiger partial charge in [-0.25, -0.2) is 4.98 Å². The highest BCUT2D eigenvalue weighted by atomic mass is 35.5. The van der Waals surface area contributed by atoms with Crippen molar-refractivity contribution in [3.63, 3.8) is 0 Å². The number of hydrogen-bond donors (Lipinski definition) is 3. The normalized spacial score (nSPS) is 11.2. The van der Waals surface area contributed by atoms with E-state index in [0.29, 0.717) is 21.9 Å². The van der Waals surface area contributed by atoms with Gasteiger partial charge in [-0.15, -0.1) is 0 Å². The van der Waals surface area contributed by atoms with Gasteiger partial charge < -0.3 is 19.7 Å². The van der Waals surface area contributed by atoms with Gasteiger partial charge in [0, 0.05) is 25.3 Å². The Morgan fingerprint density at radius 1 is 1.03 bits per heavy atom. The molecule has 4 rings (SSSR count). The maximum Gasteiger partial charge on any atom is 0.229 e. The van der Waals surface area contributed by atoms with Gasteiger partial charge in [0.25, 0.3) is 0 Å². The summed E-state index contributed by atoms with van der Waals surface area (Å²) in [6.07, 6.45) is 1.53. The van der Waals surface area contributed by atoms with Crippen LogP contribution >= 0.6 is 31.6 Å². The molecule has 0 aliphatic rings. The summed E-state index contributed by atoms with van der Waals surface area (Å²) in [5.41, 5.74) is 2.28. The molecule has 11 heteroatoms. The Morgan fingerprint density at radius 2 is 1.83 bits per heavy atom. The third kappa shape index (κ3) is 4.33. The van der Waals surface area contributed by atoms with Crippen LogP contribution in [0.2, 0.25) is 10.2 Å². The summed E-state index contributed by atoms with van der Waals surface area (Å²) in [6, 6.07) is 13.2. The standard InChI is InChI=1S/C19H17Cl2N6O2P/c1-28-30(29-2)16-6-4-3-5-14(16)24-18-13(20)10-22-19(25-18)23-11-7-8-12-15(9-11)26-27-17(12)21/h3-10H,1-2H3,(H,26,27)(H2,22,23,24,25). The Bertz CT molecular complexity index is 1180. The quantitative estimate of drug-likeness (QED) is 0.317. The van der Waals surface area contributed by atoms with Crippen LogP contribution in [0.1, 0.15) is 0 Å². The lowest BCUT2D eigenvalue weighted by molar-refractivity contribution is 0.350. The predicted octanol–water partition coefficient (Wildman–Crippen LogP) is 5.38. The number of halogens is 2. The first-order valence-corrected chi connectivity index (χ1v) is 10.7. The van der Waals surface area contributed by atoms with E-state index in [1.54, 1.807) is 14.2 Å². The zero-order chi connectivity index (χ0) is 21.1. The molecule has 0 aliphatic heterocycles. The minimum atomic E-state index is -1.23. The van der Waals surface area contributed by atoms with Crippen LogP contribution in [0.5, 0.6) is 0 Å². The van der Waals surface area contributed by atoms with E-state index in [0.717, 1.165) is 27.6 Å². The fraction of sp³-hybridized carbons (Fsp3) is 0.105. The van der Waals surface area contributed by atoms with E-state index >= 15 is 0 Å². The largest absolute Gasteiger partial charge is 0.338 e. The van der Waals surface area contributed by atoms with Crippen molar-refractivity contribution in [2.45, 2.75) is 0 Å². The number of anilines is 4. The van der Waals surface area contributed by atoms with E-state index in [9.17, 15) is 0 Å². The number of nitrogens with one attached hydrogen (secondary N) is 3. The average molecular weight is 463 g/mol. The van der Waals surface area contributed by atoms with Gasteiger partial charge in [0.15, 0.2) is 5.82 Å². The molecular weight excluding hydrogens is 446 g/mol. The molecule has 2 aromatic heterocycles. The predicted molar refractivity (Wildman–Crippen MR) is 122 cm³/mol. The number of rotatable bonds is 7. The maximum atomic E-state index is 6.33. The highest BCUT2D eigenvalue weighted by Crippen LogP contribution is 2.38. The molecule has 0 aliphatic carbocycles. The number of nitrogens with zero attached hydrogens (tertiary/aromatic N) is 3.